The minimum atomic E-state index is 0.388. The molecule has 128 valence electrons. The molecule has 0 amide bonds. The van der Waals surface area contributed by atoms with Gasteiger partial charge in [-0.1, -0.05) is 0 Å². The molecule has 0 atom stereocenters. The second-order valence-electron chi connectivity index (χ2n) is 6.13. The van der Waals surface area contributed by atoms with Crippen LogP contribution in [-0.2, 0) is 9.57 Å². The maximum atomic E-state index is 5.82. The Balaban J connectivity index is 1.33. The van der Waals surface area contributed by atoms with E-state index in [1.165, 1.54) is 0 Å². The zero-order chi connectivity index (χ0) is 16.6. The number of pyridine rings is 1. The van der Waals surface area contributed by atoms with Gasteiger partial charge >= 0.3 is 0 Å². The number of anilines is 3. The summed E-state index contributed by atoms with van der Waals surface area (Å²) in [6.07, 6.45) is 1.75. The molecule has 8 nitrogen and oxygen atoms in total. The molecule has 3 aromatic rings. The molecule has 2 aliphatic rings. The molecule has 5 rings (SSSR count). The first kappa shape index (κ1) is 14.5. The smallest absolute Gasteiger partial charge is 0.185 e. The van der Waals surface area contributed by atoms with Gasteiger partial charge in [0.25, 0.3) is 0 Å². The van der Waals surface area contributed by atoms with E-state index in [4.69, 9.17) is 14.3 Å². The van der Waals surface area contributed by atoms with E-state index < -0.39 is 0 Å². The summed E-state index contributed by atoms with van der Waals surface area (Å²) in [4.78, 5) is 10.2. The van der Waals surface area contributed by atoms with Crippen molar-refractivity contribution >= 4 is 28.2 Å². The van der Waals surface area contributed by atoms with E-state index in [-0.39, 0.29) is 0 Å². The van der Waals surface area contributed by atoms with Crippen molar-refractivity contribution in [1.29, 1.82) is 0 Å². The number of hydrogen-bond donors (Lipinski definition) is 2. The van der Waals surface area contributed by atoms with E-state index in [2.05, 4.69) is 20.5 Å². The summed E-state index contributed by atoms with van der Waals surface area (Å²) < 4.78 is 10.9. The number of ether oxygens (including phenoxy) is 2. The highest BCUT2D eigenvalue weighted by molar-refractivity contribution is 5.87. The molecule has 25 heavy (non-hydrogen) atoms. The highest BCUT2D eigenvalue weighted by atomic mass is 16.7. The first-order valence-corrected chi connectivity index (χ1v) is 8.18. The van der Waals surface area contributed by atoms with Crippen LogP contribution in [0.15, 0.2) is 36.5 Å². The maximum absolute atomic E-state index is 5.82. The fourth-order valence-electron chi connectivity index (χ4n) is 2.87. The molecule has 0 bridgehead atoms. The fourth-order valence-corrected chi connectivity index (χ4v) is 2.87. The van der Waals surface area contributed by atoms with E-state index in [1.807, 2.05) is 30.3 Å². The number of hydroxylamine groups is 1. The minimum absolute atomic E-state index is 0.388. The van der Waals surface area contributed by atoms with E-state index in [9.17, 15) is 0 Å². The monoisotopic (exact) mass is 339 g/mol. The predicted molar refractivity (Wildman–Crippen MR) is 91.8 cm³/mol. The molecule has 1 saturated heterocycles. The van der Waals surface area contributed by atoms with Gasteiger partial charge in [-0.15, -0.1) is 0 Å². The van der Waals surface area contributed by atoms with Crippen LogP contribution >= 0.6 is 0 Å². The molecule has 1 aromatic carbocycles. The molecule has 0 aliphatic carbocycles. The van der Waals surface area contributed by atoms with Crippen molar-refractivity contribution in [2.45, 2.75) is 0 Å². The number of aromatic amines is 1. The first-order valence-electron chi connectivity index (χ1n) is 8.18. The van der Waals surface area contributed by atoms with Crippen LogP contribution < -0.4 is 15.1 Å². The van der Waals surface area contributed by atoms with Crippen molar-refractivity contribution in [2.75, 3.05) is 36.9 Å². The SMILES string of the molecule is c1cnc2c(Nc3ccc4c(c3)OCN4OCC3COC3)n[nH]c2c1. The lowest BCUT2D eigenvalue weighted by molar-refractivity contribution is -0.0779. The Bertz CT molecular complexity index is 908. The van der Waals surface area contributed by atoms with Crippen molar-refractivity contribution in [3.05, 3.63) is 36.5 Å². The quantitative estimate of drug-likeness (QED) is 0.738. The number of aromatic nitrogens is 3. The summed E-state index contributed by atoms with van der Waals surface area (Å²) in [5.74, 6) is 1.94. The summed E-state index contributed by atoms with van der Waals surface area (Å²) in [5, 5.41) is 12.3. The normalized spacial score (nSPS) is 16.6. The highest BCUT2D eigenvalue weighted by Gasteiger charge is 2.25. The number of fused-ring (bicyclic) bond motifs is 2. The van der Waals surface area contributed by atoms with Gasteiger partial charge in [0, 0.05) is 23.9 Å². The Morgan fingerprint density at radius 1 is 1.32 bits per heavy atom. The summed E-state index contributed by atoms with van der Waals surface area (Å²) in [7, 11) is 0. The zero-order valence-corrected chi connectivity index (χ0v) is 13.4. The summed E-state index contributed by atoms with van der Waals surface area (Å²) in [6.45, 7) is 2.58. The molecule has 8 heteroatoms. The largest absolute Gasteiger partial charge is 0.469 e. The summed E-state index contributed by atoms with van der Waals surface area (Å²) >= 11 is 0. The Morgan fingerprint density at radius 3 is 3.16 bits per heavy atom. The molecule has 0 saturated carbocycles. The summed E-state index contributed by atoms with van der Waals surface area (Å²) in [5.41, 5.74) is 3.50. The number of benzene rings is 1. The van der Waals surface area contributed by atoms with Crippen molar-refractivity contribution in [3.8, 4) is 5.75 Å². The topological polar surface area (TPSA) is 84.5 Å². The van der Waals surface area contributed by atoms with Crippen LogP contribution in [0, 0.1) is 5.92 Å². The number of H-pyrrole nitrogens is 1. The van der Waals surface area contributed by atoms with Crippen LogP contribution in [-0.4, -0.2) is 41.7 Å². The Hall–Kier alpha value is -2.84. The minimum Gasteiger partial charge on any atom is -0.469 e. The lowest BCUT2D eigenvalue weighted by Gasteiger charge is -2.27. The third kappa shape index (κ3) is 2.65. The molecule has 0 spiro atoms. The van der Waals surface area contributed by atoms with Gasteiger partial charge in [-0.25, -0.2) is 5.06 Å². The molecule has 2 N–H and O–H groups in total. The van der Waals surface area contributed by atoms with Crippen molar-refractivity contribution in [1.82, 2.24) is 15.2 Å². The van der Waals surface area contributed by atoms with Crippen molar-refractivity contribution in [3.63, 3.8) is 0 Å². The maximum Gasteiger partial charge on any atom is 0.185 e. The number of hydrogen-bond acceptors (Lipinski definition) is 7. The summed E-state index contributed by atoms with van der Waals surface area (Å²) in [6, 6.07) is 9.70. The Labute approximate surface area is 143 Å². The van der Waals surface area contributed by atoms with Gasteiger partial charge in [-0.05, 0) is 24.3 Å². The first-order chi connectivity index (χ1) is 12.4. The lowest BCUT2D eigenvalue weighted by Crippen LogP contribution is -2.35. The van der Waals surface area contributed by atoms with Gasteiger partial charge in [0.15, 0.2) is 12.5 Å². The average molecular weight is 339 g/mol. The van der Waals surface area contributed by atoms with Crippen molar-refractivity contribution in [2.24, 2.45) is 5.92 Å². The van der Waals surface area contributed by atoms with Crippen molar-refractivity contribution < 1.29 is 14.3 Å². The van der Waals surface area contributed by atoms with Gasteiger partial charge in [0.1, 0.15) is 17.0 Å². The van der Waals surface area contributed by atoms with Crippen LogP contribution in [0.4, 0.5) is 17.2 Å². The average Bonchev–Trinajstić information content (AvgIpc) is 3.18. The van der Waals surface area contributed by atoms with Crippen LogP contribution in [0.5, 0.6) is 5.75 Å². The number of rotatable bonds is 5. The molecular weight excluding hydrogens is 322 g/mol. The number of nitrogens with one attached hydrogen (secondary N) is 2. The zero-order valence-electron chi connectivity index (χ0n) is 13.4. The molecule has 0 radical (unpaired) electrons. The fraction of sp³-hybridized carbons (Fsp3) is 0.294. The molecular formula is C17H17N5O3. The second-order valence-corrected chi connectivity index (χ2v) is 6.13. The Kier molecular flexibility index (Phi) is 3.43. The molecule has 1 fully saturated rings. The molecule has 2 aliphatic heterocycles. The third-order valence-electron chi connectivity index (χ3n) is 4.32. The number of nitrogens with zero attached hydrogens (tertiary/aromatic N) is 3. The van der Waals surface area contributed by atoms with Gasteiger partial charge in [-0.2, -0.15) is 5.10 Å². The van der Waals surface area contributed by atoms with Crippen LogP contribution in [0.1, 0.15) is 0 Å². The second kappa shape index (κ2) is 5.91. The highest BCUT2D eigenvalue weighted by Crippen LogP contribution is 2.37. The molecule has 4 heterocycles. The Morgan fingerprint density at radius 2 is 2.28 bits per heavy atom. The van der Waals surface area contributed by atoms with Gasteiger partial charge in [0.05, 0.1) is 25.3 Å². The lowest BCUT2D eigenvalue weighted by atomic mass is 10.1. The van der Waals surface area contributed by atoms with E-state index in [0.717, 1.165) is 41.4 Å². The van der Waals surface area contributed by atoms with Crippen LogP contribution in [0.2, 0.25) is 0 Å². The predicted octanol–water partition coefficient (Wildman–Crippen LogP) is 2.44. The molecule has 0 unspecified atom stereocenters. The molecule has 2 aromatic heterocycles. The van der Waals surface area contributed by atoms with Crippen LogP contribution in [0.3, 0.4) is 0 Å². The van der Waals surface area contributed by atoms with Crippen LogP contribution in [0.25, 0.3) is 11.0 Å². The van der Waals surface area contributed by atoms with E-state index in [0.29, 0.717) is 25.1 Å². The van der Waals surface area contributed by atoms with E-state index in [1.54, 1.807) is 11.3 Å². The van der Waals surface area contributed by atoms with Gasteiger partial charge in [0.2, 0.25) is 0 Å². The standard InChI is InChI=1S/C17H17N5O3/c1-2-13-16(18-5-1)17(21-20-13)19-12-3-4-14-15(6-12)24-10-22(14)25-9-11-7-23-8-11/h1-6,11H,7-10H2,(H2,19,20,21). The third-order valence-corrected chi connectivity index (χ3v) is 4.32. The van der Waals surface area contributed by atoms with E-state index >= 15 is 0 Å². The van der Waals surface area contributed by atoms with Gasteiger partial charge in [-0.3, -0.25) is 14.9 Å². The van der Waals surface area contributed by atoms with Gasteiger partial charge < -0.3 is 14.8 Å².